The Balaban J connectivity index is 1.99. The van der Waals surface area contributed by atoms with Crippen LogP contribution in [0.1, 0.15) is 12.0 Å². The van der Waals surface area contributed by atoms with Crippen molar-refractivity contribution in [3.63, 3.8) is 0 Å². The number of amides is 2. The topological polar surface area (TPSA) is 78.4 Å². The molecule has 1 aromatic rings. The molecule has 2 amide bonds. The molecular weight excluding hydrogens is 287 g/mol. The summed E-state index contributed by atoms with van der Waals surface area (Å²) in [7, 11) is 0. The van der Waals surface area contributed by atoms with Crippen LogP contribution in [0.25, 0.3) is 0 Å². The van der Waals surface area contributed by atoms with Crippen molar-refractivity contribution in [2.45, 2.75) is 19.1 Å². The van der Waals surface area contributed by atoms with E-state index < -0.39 is 29.7 Å². The molecular formula is C13H14ClFN2O3. The van der Waals surface area contributed by atoms with Crippen molar-refractivity contribution in [1.29, 1.82) is 0 Å². The predicted molar refractivity (Wildman–Crippen MR) is 70.4 cm³/mol. The maximum atomic E-state index is 13.5. The Kier molecular flexibility index (Phi) is 4.57. The van der Waals surface area contributed by atoms with Crippen LogP contribution in [0.5, 0.6) is 0 Å². The highest BCUT2D eigenvalue weighted by Gasteiger charge is 2.36. The summed E-state index contributed by atoms with van der Waals surface area (Å²) in [6.07, 6.45) is -0.696. The SMILES string of the molecule is O=C1NCCC(O)C1C(=O)NCc1ccc(Cl)cc1F. The number of hydrogen-bond donors (Lipinski definition) is 3. The van der Waals surface area contributed by atoms with Gasteiger partial charge in [0.1, 0.15) is 11.7 Å². The molecule has 3 N–H and O–H groups in total. The summed E-state index contributed by atoms with van der Waals surface area (Å²) >= 11 is 5.63. The molecule has 7 heteroatoms. The first-order chi connectivity index (χ1) is 9.49. The minimum atomic E-state index is -1.15. The lowest BCUT2D eigenvalue weighted by atomic mass is 9.94. The number of benzene rings is 1. The zero-order chi connectivity index (χ0) is 14.7. The van der Waals surface area contributed by atoms with E-state index in [1.807, 2.05) is 0 Å². The highest BCUT2D eigenvalue weighted by molar-refractivity contribution is 6.30. The lowest BCUT2D eigenvalue weighted by molar-refractivity contribution is -0.142. The van der Waals surface area contributed by atoms with Crippen LogP contribution in [0.15, 0.2) is 18.2 Å². The van der Waals surface area contributed by atoms with E-state index >= 15 is 0 Å². The van der Waals surface area contributed by atoms with Crippen molar-refractivity contribution in [2.24, 2.45) is 5.92 Å². The van der Waals surface area contributed by atoms with Gasteiger partial charge in [0.05, 0.1) is 6.10 Å². The molecule has 0 radical (unpaired) electrons. The van der Waals surface area contributed by atoms with Crippen molar-refractivity contribution in [1.82, 2.24) is 10.6 Å². The van der Waals surface area contributed by atoms with Crippen molar-refractivity contribution >= 4 is 23.4 Å². The molecule has 2 atom stereocenters. The van der Waals surface area contributed by atoms with E-state index in [2.05, 4.69) is 10.6 Å². The van der Waals surface area contributed by atoms with Gasteiger partial charge in [0.25, 0.3) is 0 Å². The molecule has 1 saturated heterocycles. The molecule has 1 aliphatic heterocycles. The van der Waals surface area contributed by atoms with Crippen molar-refractivity contribution < 1.29 is 19.1 Å². The van der Waals surface area contributed by atoms with E-state index in [9.17, 15) is 19.1 Å². The Hall–Kier alpha value is -1.66. The van der Waals surface area contributed by atoms with E-state index in [1.54, 1.807) is 0 Å². The quantitative estimate of drug-likeness (QED) is 0.715. The summed E-state index contributed by atoms with van der Waals surface area (Å²) in [5.41, 5.74) is 0.258. The number of carbonyl (C=O) groups excluding carboxylic acids is 2. The minimum Gasteiger partial charge on any atom is -0.392 e. The summed E-state index contributed by atoms with van der Waals surface area (Å²) in [4.78, 5) is 23.4. The highest BCUT2D eigenvalue weighted by Crippen LogP contribution is 2.16. The van der Waals surface area contributed by atoms with Crippen molar-refractivity contribution in [3.05, 3.63) is 34.6 Å². The molecule has 1 fully saturated rings. The van der Waals surface area contributed by atoms with Gasteiger partial charge >= 0.3 is 0 Å². The number of piperidine rings is 1. The fraction of sp³-hybridized carbons (Fsp3) is 0.385. The van der Waals surface area contributed by atoms with Gasteiger partial charge in [-0.05, 0) is 18.6 Å². The molecule has 5 nitrogen and oxygen atoms in total. The monoisotopic (exact) mass is 300 g/mol. The zero-order valence-electron chi connectivity index (χ0n) is 10.5. The average Bonchev–Trinajstić information content (AvgIpc) is 2.37. The van der Waals surface area contributed by atoms with Crippen LogP contribution in [-0.2, 0) is 16.1 Å². The second-order valence-corrected chi connectivity index (χ2v) is 5.01. The smallest absolute Gasteiger partial charge is 0.235 e. The Morgan fingerprint density at radius 1 is 1.55 bits per heavy atom. The maximum absolute atomic E-state index is 13.5. The first-order valence-corrected chi connectivity index (χ1v) is 6.54. The highest BCUT2D eigenvalue weighted by atomic mass is 35.5. The number of hydrogen-bond acceptors (Lipinski definition) is 3. The van der Waals surface area contributed by atoms with E-state index in [0.717, 1.165) is 6.07 Å². The number of carbonyl (C=O) groups is 2. The molecule has 0 saturated carbocycles. The van der Waals surface area contributed by atoms with Gasteiger partial charge in [-0.15, -0.1) is 0 Å². The molecule has 1 aliphatic rings. The normalized spacial score (nSPS) is 22.2. The van der Waals surface area contributed by atoms with Crippen LogP contribution in [0.4, 0.5) is 4.39 Å². The molecule has 1 heterocycles. The van der Waals surface area contributed by atoms with Crippen LogP contribution >= 0.6 is 11.6 Å². The Morgan fingerprint density at radius 2 is 2.30 bits per heavy atom. The summed E-state index contributed by atoms with van der Waals surface area (Å²) in [5, 5.41) is 14.9. The molecule has 0 aromatic heterocycles. The zero-order valence-corrected chi connectivity index (χ0v) is 11.3. The summed E-state index contributed by atoms with van der Waals surface area (Å²) in [6, 6.07) is 4.11. The van der Waals surface area contributed by atoms with Gasteiger partial charge in [0.2, 0.25) is 11.8 Å². The first-order valence-electron chi connectivity index (χ1n) is 6.16. The standard InChI is InChI=1S/C13H14ClFN2O3/c14-8-2-1-7(9(15)5-8)6-17-13(20)11-10(18)3-4-16-12(11)19/h1-2,5,10-11,18H,3-4,6H2,(H,16,19)(H,17,20). The fourth-order valence-corrected chi connectivity index (χ4v) is 2.20. The predicted octanol–water partition coefficient (Wildman–Crippen LogP) is 0.592. The van der Waals surface area contributed by atoms with Gasteiger partial charge in [-0.2, -0.15) is 0 Å². The average molecular weight is 301 g/mol. The summed E-state index contributed by atoms with van der Waals surface area (Å²) in [5.74, 6) is -2.83. The van der Waals surface area contributed by atoms with Gasteiger partial charge in [-0.3, -0.25) is 9.59 Å². The third-order valence-corrected chi connectivity index (χ3v) is 3.39. The summed E-state index contributed by atoms with van der Waals surface area (Å²) in [6.45, 7) is 0.272. The molecule has 0 aliphatic carbocycles. The van der Waals surface area contributed by atoms with E-state index in [4.69, 9.17) is 11.6 Å². The largest absolute Gasteiger partial charge is 0.392 e. The van der Waals surface area contributed by atoms with Gasteiger partial charge in [-0.25, -0.2) is 4.39 Å². The van der Waals surface area contributed by atoms with Gasteiger partial charge in [0, 0.05) is 23.7 Å². The van der Waals surface area contributed by atoms with Crippen LogP contribution in [0.3, 0.4) is 0 Å². The van der Waals surface area contributed by atoms with Crippen molar-refractivity contribution in [3.8, 4) is 0 Å². The molecule has 0 spiro atoms. The molecule has 108 valence electrons. The first kappa shape index (κ1) is 14.7. The van der Waals surface area contributed by atoms with E-state index in [0.29, 0.717) is 13.0 Å². The number of aliphatic hydroxyl groups is 1. The Morgan fingerprint density at radius 3 is 2.95 bits per heavy atom. The van der Waals surface area contributed by atoms with E-state index in [-0.39, 0.29) is 17.1 Å². The second-order valence-electron chi connectivity index (χ2n) is 4.58. The molecule has 20 heavy (non-hydrogen) atoms. The number of halogens is 2. The molecule has 2 rings (SSSR count). The number of nitrogens with one attached hydrogen (secondary N) is 2. The summed E-state index contributed by atoms with van der Waals surface area (Å²) < 4.78 is 13.5. The third-order valence-electron chi connectivity index (χ3n) is 3.16. The van der Waals surface area contributed by atoms with Crippen LogP contribution in [0, 0.1) is 11.7 Å². The van der Waals surface area contributed by atoms with Gasteiger partial charge in [-0.1, -0.05) is 17.7 Å². The fourth-order valence-electron chi connectivity index (χ4n) is 2.05. The lowest BCUT2D eigenvalue weighted by Crippen LogP contribution is -2.51. The maximum Gasteiger partial charge on any atom is 0.235 e. The Bertz CT molecular complexity index is 538. The van der Waals surface area contributed by atoms with Gasteiger partial charge in [0.15, 0.2) is 0 Å². The van der Waals surface area contributed by atoms with Crippen LogP contribution < -0.4 is 10.6 Å². The number of rotatable bonds is 3. The second kappa shape index (κ2) is 6.19. The third kappa shape index (κ3) is 3.26. The molecule has 2 unspecified atom stereocenters. The number of aliphatic hydroxyl groups excluding tert-OH is 1. The Labute approximate surface area is 120 Å². The molecule has 0 bridgehead atoms. The van der Waals surface area contributed by atoms with Gasteiger partial charge < -0.3 is 15.7 Å². The van der Waals surface area contributed by atoms with Crippen LogP contribution in [-0.4, -0.2) is 29.6 Å². The van der Waals surface area contributed by atoms with Crippen LogP contribution in [0.2, 0.25) is 5.02 Å². The van der Waals surface area contributed by atoms with E-state index in [1.165, 1.54) is 12.1 Å². The van der Waals surface area contributed by atoms with Crippen molar-refractivity contribution in [2.75, 3.05) is 6.54 Å². The minimum absolute atomic E-state index is 0.0711. The molecule has 1 aromatic carbocycles. The lowest BCUT2D eigenvalue weighted by Gasteiger charge is -2.26.